The van der Waals surface area contributed by atoms with E-state index in [1.807, 2.05) is 11.0 Å². The lowest BCUT2D eigenvalue weighted by Crippen LogP contribution is -2.51. The zero-order valence-corrected chi connectivity index (χ0v) is 14.6. The molecule has 1 atom stereocenters. The molecule has 7 nitrogen and oxygen atoms in total. The Bertz CT molecular complexity index is 670. The van der Waals surface area contributed by atoms with Crippen molar-refractivity contribution in [3.8, 4) is 0 Å². The van der Waals surface area contributed by atoms with Crippen LogP contribution in [-0.4, -0.2) is 47.4 Å². The van der Waals surface area contributed by atoms with Crippen molar-refractivity contribution in [1.29, 1.82) is 0 Å². The standard InChI is InChI=1S/C18H24N4O3/c1-13-8-10-21(11-9-13)12-15(23)20-22-16(24)18(2,19-17(22)25)14-6-4-3-5-7-14/h3-7,13H,8-12H2,1-2H3,(H,19,25)(H,20,23). The zero-order chi connectivity index (χ0) is 18.0. The summed E-state index contributed by atoms with van der Waals surface area (Å²) >= 11 is 0. The van der Waals surface area contributed by atoms with Crippen LogP contribution in [0.4, 0.5) is 4.79 Å². The number of rotatable bonds is 4. The van der Waals surface area contributed by atoms with Crippen molar-refractivity contribution < 1.29 is 14.4 Å². The minimum atomic E-state index is -1.17. The number of amides is 4. The summed E-state index contributed by atoms with van der Waals surface area (Å²) in [6.45, 7) is 5.74. The average Bonchev–Trinajstić information content (AvgIpc) is 2.82. The van der Waals surface area contributed by atoms with Crippen molar-refractivity contribution in [3.63, 3.8) is 0 Å². The predicted molar refractivity (Wildman–Crippen MR) is 92.2 cm³/mol. The Labute approximate surface area is 147 Å². The molecule has 2 aliphatic rings. The van der Waals surface area contributed by atoms with Crippen LogP contribution in [0.1, 0.15) is 32.3 Å². The van der Waals surface area contributed by atoms with E-state index in [0.717, 1.165) is 30.9 Å². The van der Waals surface area contributed by atoms with Gasteiger partial charge in [-0.25, -0.2) is 4.79 Å². The van der Waals surface area contributed by atoms with Crippen LogP contribution in [0.2, 0.25) is 0 Å². The first-order valence-corrected chi connectivity index (χ1v) is 8.64. The molecule has 2 heterocycles. The number of benzene rings is 1. The SMILES string of the molecule is CC1CCN(CC(=O)NN2C(=O)NC(C)(c3ccccc3)C2=O)CC1. The number of nitrogens with zero attached hydrogens (tertiary/aromatic N) is 2. The summed E-state index contributed by atoms with van der Waals surface area (Å²) in [5.74, 6) is -0.156. The van der Waals surface area contributed by atoms with Crippen LogP contribution in [0, 0.1) is 5.92 Å². The molecule has 0 aromatic heterocycles. The van der Waals surface area contributed by atoms with Gasteiger partial charge in [0.05, 0.1) is 6.54 Å². The van der Waals surface area contributed by atoms with Crippen LogP contribution in [0.15, 0.2) is 30.3 Å². The number of nitrogens with one attached hydrogen (secondary N) is 2. The van der Waals surface area contributed by atoms with E-state index >= 15 is 0 Å². The molecule has 0 radical (unpaired) electrons. The Hall–Kier alpha value is -2.41. The second kappa shape index (κ2) is 6.84. The molecule has 134 valence electrons. The fourth-order valence-electron chi connectivity index (χ4n) is 3.29. The van der Waals surface area contributed by atoms with Gasteiger partial charge in [0.2, 0.25) is 0 Å². The van der Waals surface area contributed by atoms with E-state index in [2.05, 4.69) is 17.7 Å². The highest BCUT2D eigenvalue weighted by atomic mass is 16.2. The van der Waals surface area contributed by atoms with Crippen LogP contribution in [-0.2, 0) is 15.1 Å². The van der Waals surface area contributed by atoms with Crippen LogP contribution in [0.25, 0.3) is 0 Å². The predicted octanol–water partition coefficient (Wildman–Crippen LogP) is 1.22. The van der Waals surface area contributed by atoms with E-state index in [9.17, 15) is 14.4 Å². The third kappa shape index (κ3) is 3.51. The number of hydrazine groups is 1. The first kappa shape index (κ1) is 17.4. The molecule has 4 amide bonds. The molecule has 0 bridgehead atoms. The molecule has 2 N–H and O–H groups in total. The number of imide groups is 1. The molecule has 1 unspecified atom stereocenters. The molecular weight excluding hydrogens is 320 g/mol. The summed E-state index contributed by atoms with van der Waals surface area (Å²) in [5.41, 5.74) is 1.95. The largest absolute Gasteiger partial charge is 0.344 e. The first-order valence-electron chi connectivity index (χ1n) is 8.64. The molecule has 1 aromatic carbocycles. The molecule has 2 saturated heterocycles. The number of carbonyl (C=O) groups excluding carboxylic acids is 3. The summed E-state index contributed by atoms with van der Waals surface area (Å²) in [4.78, 5) is 39.2. The van der Waals surface area contributed by atoms with Gasteiger partial charge in [-0.15, -0.1) is 0 Å². The highest BCUT2D eigenvalue weighted by Crippen LogP contribution is 2.27. The Morgan fingerprint density at radius 1 is 1.24 bits per heavy atom. The highest BCUT2D eigenvalue weighted by Gasteiger charge is 2.50. The topological polar surface area (TPSA) is 81.8 Å². The molecular formula is C18H24N4O3. The van der Waals surface area contributed by atoms with Gasteiger partial charge in [0.15, 0.2) is 0 Å². The molecule has 2 fully saturated rings. The first-order chi connectivity index (χ1) is 11.9. The monoisotopic (exact) mass is 344 g/mol. The number of hydrogen-bond acceptors (Lipinski definition) is 4. The highest BCUT2D eigenvalue weighted by molar-refractivity contribution is 6.08. The molecule has 3 rings (SSSR count). The van der Waals surface area contributed by atoms with E-state index in [1.165, 1.54) is 0 Å². The lowest BCUT2D eigenvalue weighted by Gasteiger charge is -2.30. The van der Waals surface area contributed by atoms with Gasteiger partial charge in [0, 0.05) is 0 Å². The van der Waals surface area contributed by atoms with Crippen LogP contribution in [0.3, 0.4) is 0 Å². The van der Waals surface area contributed by atoms with Crippen molar-refractivity contribution in [2.24, 2.45) is 5.92 Å². The summed E-state index contributed by atoms with van der Waals surface area (Å²) in [6, 6.07) is 8.39. The summed E-state index contributed by atoms with van der Waals surface area (Å²) in [5, 5.41) is 3.46. The maximum absolute atomic E-state index is 12.7. The number of piperidine rings is 1. The van der Waals surface area contributed by atoms with Gasteiger partial charge < -0.3 is 5.32 Å². The van der Waals surface area contributed by atoms with Gasteiger partial charge in [0.1, 0.15) is 5.54 Å². The van der Waals surface area contributed by atoms with Gasteiger partial charge in [-0.1, -0.05) is 37.3 Å². The molecule has 2 aliphatic heterocycles. The summed E-state index contributed by atoms with van der Waals surface area (Å²) < 4.78 is 0. The van der Waals surface area contributed by atoms with Crippen LogP contribution >= 0.6 is 0 Å². The molecule has 7 heteroatoms. The van der Waals surface area contributed by atoms with Crippen LogP contribution < -0.4 is 10.7 Å². The van der Waals surface area contributed by atoms with Crippen molar-refractivity contribution in [1.82, 2.24) is 20.7 Å². The number of carbonyl (C=O) groups is 3. The Balaban J connectivity index is 1.64. The van der Waals surface area contributed by atoms with E-state index in [-0.39, 0.29) is 12.5 Å². The zero-order valence-electron chi connectivity index (χ0n) is 14.6. The second-order valence-electron chi connectivity index (χ2n) is 7.06. The van der Waals surface area contributed by atoms with E-state index < -0.39 is 17.5 Å². The van der Waals surface area contributed by atoms with Crippen molar-refractivity contribution in [3.05, 3.63) is 35.9 Å². The Kier molecular flexibility index (Phi) is 4.76. The van der Waals surface area contributed by atoms with Gasteiger partial charge >= 0.3 is 6.03 Å². The molecule has 0 spiro atoms. The average molecular weight is 344 g/mol. The third-order valence-electron chi connectivity index (χ3n) is 5.02. The number of likely N-dealkylation sites (tertiary alicyclic amines) is 1. The molecule has 0 saturated carbocycles. The number of urea groups is 1. The fourth-order valence-corrected chi connectivity index (χ4v) is 3.29. The maximum Gasteiger partial charge on any atom is 0.344 e. The van der Waals surface area contributed by atoms with Gasteiger partial charge in [0.25, 0.3) is 11.8 Å². The second-order valence-corrected chi connectivity index (χ2v) is 7.06. The molecule has 25 heavy (non-hydrogen) atoms. The molecule has 0 aliphatic carbocycles. The number of hydrogen-bond donors (Lipinski definition) is 2. The summed E-state index contributed by atoms with van der Waals surface area (Å²) in [7, 11) is 0. The van der Waals surface area contributed by atoms with Gasteiger partial charge in [-0.05, 0) is 44.3 Å². The van der Waals surface area contributed by atoms with Gasteiger partial charge in [-0.2, -0.15) is 5.01 Å². The van der Waals surface area contributed by atoms with Crippen LogP contribution in [0.5, 0.6) is 0 Å². The Morgan fingerprint density at radius 3 is 2.52 bits per heavy atom. The smallest absolute Gasteiger partial charge is 0.318 e. The van der Waals surface area contributed by atoms with E-state index in [4.69, 9.17) is 0 Å². The normalized spacial score (nSPS) is 25.1. The van der Waals surface area contributed by atoms with Gasteiger partial charge in [-0.3, -0.25) is 19.9 Å². The fraction of sp³-hybridized carbons (Fsp3) is 0.500. The minimum Gasteiger partial charge on any atom is -0.318 e. The van der Waals surface area contributed by atoms with Crippen molar-refractivity contribution in [2.45, 2.75) is 32.2 Å². The van der Waals surface area contributed by atoms with E-state index in [1.54, 1.807) is 31.2 Å². The quantitative estimate of drug-likeness (QED) is 0.805. The lowest BCUT2D eigenvalue weighted by atomic mass is 9.92. The minimum absolute atomic E-state index is 0.186. The van der Waals surface area contributed by atoms with Crippen molar-refractivity contribution in [2.75, 3.05) is 19.6 Å². The summed E-state index contributed by atoms with van der Waals surface area (Å²) in [6.07, 6.45) is 2.12. The lowest BCUT2D eigenvalue weighted by molar-refractivity contribution is -0.139. The third-order valence-corrected chi connectivity index (χ3v) is 5.02. The Morgan fingerprint density at radius 2 is 1.88 bits per heavy atom. The maximum atomic E-state index is 12.7. The molecule has 1 aromatic rings. The van der Waals surface area contributed by atoms with E-state index in [0.29, 0.717) is 11.5 Å². The van der Waals surface area contributed by atoms with Crippen molar-refractivity contribution >= 4 is 17.8 Å².